The quantitative estimate of drug-likeness (QED) is 0.282. The summed E-state index contributed by atoms with van der Waals surface area (Å²) < 4.78 is 38.9. The van der Waals surface area contributed by atoms with Crippen LogP contribution in [0.4, 0.5) is 13.2 Å². The van der Waals surface area contributed by atoms with E-state index in [0.717, 1.165) is 47.1 Å². The summed E-state index contributed by atoms with van der Waals surface area (Å²) in [6.07, 6.45) is -2.81. The Hall–Kier alpha value is -3.68. The van der Waals surface area contributed by atoms with Crippen molar-refractivity contribution < 1.29 is 28.2 Å². The van der Waals surface area contributed by atoms with Crippen LogP contribution >= 0.6 is 0 Å². The van der Waals surface area contributed by atoms with Crippen LogP contribution in [-0.2, 0) is 6.18 Å². The van der Waals surface area contributed by atoms with Crippen LogP contribution in [0.2, 0.25) is 0 Å². The van der Waals surface area contributed by atoms with Gasteiger partial charge in [0, 0.05) is 12.6 Å². The van der Waals surface area contributed by atoms with E-state index in [-0.39, 0.29) is 30.0 Å². The topological polar surface area (TPSA) is 83.5 Å². The smallest absolute Gasteiger partial charge is 0.416 e. The van der Waals surface area contributed by atoms with Crippen LogP contribution in [-0.4, -0.2) is 28.8 Å². The maximum absolute atomic E-state index is 13.0. The zero-order valence-electron chi connectivity index (χ0n) is 19.9. The number of benzene rings is 4. The molecule has 0 spiro atoms. The van der Waals surface area contributed by atoms with Gasteiger partial charge in [-0.1, -0.05) is 48.5 Å². The Bertz CT molecular complexity index is 1450. The highest BCUT2D eigenvalue weighted by Gasteiger charge is 2.33. The van der Waals surface area contributed by atoms with Gasteiger partial charge in [0.15, 0.2) is 0 Å². The lowest BCUT2D eigenvalue weighted by molar-refractivity contribution is -0.137. The number of rotatable bonds is 5. The number of carboxylic acids is 1. The van der Waals surface area contributed by atoms with E-state index in [9.17, 15) is 28.2 Å². The zero-order chi connectivity index (χ0) is 26.3. The molecular weight excluding hydrogens is 479 g/mol. The highest BCUT2D eigenvalue weighted by atomic mass is 19.4. The fraction of sp³-hybridized carbons (Fsp3) is 0.233. The van der Waals surface area contributed by atoms with Crippen molar-refractivity contribution in [1.29, 1.82) is 0 Å². The first-order valence-corrected chi connectivity index (χ1v) is 12.1. The number of halogens is 3. The van der Waals surface area contributed by atoms with Crippen LogP contribution in [0.25, 0.3) is 33.0 Å². The molecule has 37 heavy (non-hydrogen) atoms. The van der Waals surface area contributed by atoms with Crippen molar-refractivity contribution in [2.45, 2.75) is 31.0 Å². The average molecular weight is 506 g/mol. The fourth-order valence-electron chi connectivity index (χ4n) is 5.45. The minimum absolute atomic E-state index is 0.0666. The molecular formula is C30H26F3NO3. The second-order valence-corrected chi connectivity index (χ2v) is 9.74. The number of hydrogen-bond acceptors (Lipinski definition) is 3. The van der Waals surface area contributed by atoms with Crippen molar-refractivity contribution in [1.82, 2.24) is 0 Å². The number of aromatic carboxylic acids is 1. The van der Waals surface area contributed by atoms with E-state index >= 15 is 0 Å². The summed E-state index contributed by atoms with van der Waals surface area (Å²) in [5.41, 5.74) is 9.52. The third-order valence-electron chi connectivity index (χ3n) is 7.36. The number of aliphatic hydroxyl groups excluding tert-OH is 1. The molecule has 1 aliphatic rings. The van der Waals surface area contributed by atoms with E-state index in [1.54, 1.807) is 18.2 Å². The normalized spacial score (nSPS) is 19.9. The Labute approximate surface area is 212 Å². The van der Waals surface area contributed by atoms with E-state index in [1.165, 1.54) is 12.1 Å². The van der Waals surface area contributed by atoms with Crippen LogP contribution in [0.1, 0.15) is 40.2 Å². The molecule has 1 saturated carbocycles. The van der Waals surface area contributed by atoms with E-state index < -0.39 is 17.7 Å². The van der Waals surface area contributed by atoms with Gasteiger partial charge in [-0.3, -0.25) is 0 Å². The number of aliphatic hydroxyl groups is 1. The van der Waals surface area contributed by atoms with Gasteiger partial charge in [0.25, 0.3) is 0 Å². The van der Waals surface area contributed by atoms with Gasteiger partial charge < -0.3 is 15.9 Å². The Morgan fingerprint density at radius 3 is 2.14 bits per heavy atom. The van der Waals surface area contributed by atoms with Crippen LogP contribution in [0.15, 0.2) is 78.9 Å². The highest BCUT2D eigenvalue weighted by Crippen LogP contribution is 2.40. The molecule has 4 aromatic rings. The fourth-order valence-corrected chi connectivity index (χ4v) is 5.45. The maximum atomic E-state index is 13.0. The number of carbonyl (C=O) groups is 1. The molecule has 0 saturated heterocycles. The number of alkyl halides is 3. The van der Waals surface area contributed by atoms with Crippen molar-refractivity contribution in [2.75, 3.05) is 6.61 Å². The molecule has 0 amide bonds. The SMILES string of the molecule is NC1CC(CO)C(c2ccc(-c3cc(C(=O)O)cc4cc(-c5ccc(C(F)(F)F)cc5)ccc34)cc2)C1. The first-order valence-electron chi connectivity index (χ1n) is 12.1. The van der Waals surface area contributed by atoms with E-state index in [1.807, 2.05) is 36.4 Å². The Balaban J connectivity index is 1.54. The Morgan fingerprint density at radius 1 is 0.865 bits per heavy atom. The maximum Gasteiger partial charge on any atom is 0.416 e. The lowest BCUT2D eigenvalue weighted by Gasteiger charge is -2.18. The molecule has 0 bridgehead atoms. The van der Waals surface area contributed by atoms with Gasteiger partial charge in [-0.2, -0.15) is 13.2 Å². The van der Waals surface area contributed by atoms with E-state index in [0.29, 0.717) is 16.5 Å². The van der Waals surface area contributed by atoms with Crippen molar-refractivity contribution >= 4 is 16.7 Å². The molecule has 0 aromatic heterocycles. The molecule has 3 unspecified atom stereocenters. The minimum Gasteiger partial charge on any atom is -0.478 e. The number of fused-ring (bicyclic) bond motifs is 1. The van der Waals surface area contributed by atoms with Gasteiger partial charge in [-0.15, -0.1) is 0 Å². The van der Waals surface area contributed by atoms with Crippen molar-refractivity contribution in [3.05, 3.63) is 95.6 Å². The van der Waals surface area contributed by atoms with Gasteiger partial charge in [-0.25, -0.2) is 4.79 Å². The molecule has 0 heterocycles. The van der Waals surface area contributed by atoms with Crippen molar-refractivity contribution in [2.24, 2.45) is 11.7 Å². The van der Waals surface area contributed by atoms with Gasteiger partial charge in [0.05, 0.1) is 11.1 Å². The average Bonchev–Trinajstić information content (AvgIpc) is 3.28. The molecule has 190 valence electrons. The summed E-state index contributed by atoms with van der Waals surface area (Å²) in [6, 6.07) is 21.6. The van der Waals surface area contributed by atoms with E-state index in [4.69, 9.17) is 5.73 Å². The summed E-state index contributed by atoms with van der Waals surface area (Å²) in [6.45, 7) is 0.0900. The predicted molar refractivity (Wildman–Crippen MR) is 137 cm³/mol. The molecule has 7 heteroatoms. The Kier molecular flexibility index (Phi) is 6.52. The third kappa shape index (κ3) is 4.97. The predicted octanol–water partition coefficient (Wildman–Crippen LogP) is 6.70. The van der Waals surface area contributed by atoms with Crippen LogP contribution < -0.4 is 5.73 Å². The number of carboxylic acid groups (broad SMARTS) is 1. The van der Waals surface area contributed by atoms with Crippen LogP contribution in [0.5, 0.6) is 0 Å². The van der Waals surface area contributed by atoms with Crippen molar-refractivity contribution in [3.8, 4) is 22.3 Å². The molecule has 4 nitrogen and oxygen atoms in total. The summed E-state index contributed by atoms with van der Waals surface area (Å²) in [5, 5.41) is 21.0. The third-order valence-corrected chi connectivity index (χ3v) is 7.36. The summed E-state index contributed by atoms with van der Waals surface area (Å²) in [4.78, 5) is 11.9. The highest BCUT2D eigenvalue weighted by molar-refractivity contribution is 6.04. The first kappa shape index (κ1) is 25.0. The zero-order valence-corrected chi connectivity index (χ0v) is 19.9. The standard InChI is InChI=1S/C30H26F3NO3/c31-30(32,33)24-8-5-17(6-9-24)20-7-10-26-21(11-20)12-22(29(36)37)14-28(26)19-3-1-18(2-4-19)27-15-25(34)13-23(27)16-35/h1-12,14,23,25,27,35H,13,15-16,34H2,(H,36,37). The monoisotopic (exact) mass is 505 g/mol. The molecule has 0 aliphatic heterocycles. The summed E-state index contributed by atoms with van der Waals surface area (Å²) in [7, 11) is 0. The van der Waals surface area contributed by atoms with E-state index in [2.05, 4.69) is 0 Å². The van der Waals surface area contributed by atoms with Crippen LogP contribution in [0, 0.1) is 5.92 Å². The summed E-state index contributed by atoms with van der Waals surface area (Å²) in [5.74, 6) is -0.756. The molecule has 4 N–H and O–H groups in total. The minimum atomic E-state index is -4.41. The van der Waals surface area contributed by atoms with Crippen LogP contribution in [0.3, 0.4) is 0 Å². The molecule has 1 fully saturated rings. The van der Waals surface area contributed by atoms with Gasteiger partial charge in [0.1, 0.15) is 0 Å². The Morgan fingerprint density at radius 2 is 1.51 bits per heavy atom. The lowest BCUT2D eigenvalue weighted by atomic mass is 9.87. The molecule has 5 rings (SSSR count). The van der Waals surface area contributed by atoms with Gasteiger partial charge in [-0.05, 0) is 93.6 Å². The number of hydrogen-bond donors (Lipinski definition) is 3. The van der Waals surface area contributed by atoms with Gasteiger partial charge in [0.2, 0.25) is 0 Å². The number of nitrogens with two attached hydrogens (primary N) is 1. The van der Waals surface area contributed by atoms with Gasteiger partial charge >= 0.3 is 12.1 Å². The molecule has 1 aliphatic carbocycles. The second-order valence-electron chi connectivity index (χ2n) is 9.74. The molecule has 0 radical (unpaired) electrons. The summed E-state index contributed by atoms with van der Waals surface area (Å²) >= 11 is 0. The lowest BCUT2D eigenvalue weighted by Crippen LogP contribution is -2.15. The molecule has 3 atom stereocenters. The largest absolute Gasteiger partial charge is 0.478 e. The first-order chi connectivity index (χ1) is 17.6. The second kappa shape index (κ2) is 9.65. The van der Waals surface area contributed by atoms with Crippen molar-refractivity contribution in [3.63, 3.8) is 0 Å². The molecule has 4 aromatic carbocycles.